The van der Waals surface area contributed by atoms with E-state index < -0.39 is 21.5 Å². The number of nitrogens with zero attached hydrogens (tertiary/aromatic N) is 2. The Morgan fingerprint density at radius 1 is 1.13 bits per heavy atom. The van der Waals surface area contributed by atoms with Crippen LogP contribution in [0.4, 0.5) is 0 Å². The number of H-pyrrole nitrogens is 1. The minimum atomic E-state index is -3.76. The summed E-state index contributed by atoms with van der Waals surface area (Å²) in [5.41, 5.74) is 0.0678. The van der Waals surface area contributed by atoms with Crippen molar-refractivity contribution in [1.82, 2.24) is 14.2 Å². The lowest BCUT2D eigenvalue weighted by molar-refractivity contribution is 0.0629. The van der Waals surface area contributed by atoms with E-state index in [9.17, 15) is 18.0 Å². The molecule has 1 fully saturated rings. The summed E-state index contributed by atoms with van der Waals surface area (Å²) in [5.74, 6) is -0.397. The van der Waals surface area contributed by atoms with Crippen molar-refractivity contribution in [3.8, 4) is 0 Å². The average molecular weight is 454 g/mol. The molecule has 10 nitrogen and oxygen atoms in total. The van der Waals surface area contributed by atoms with Crippen molar-refractivity contribution in [3.05, 3.63) is 40.2 Å². The topological polar surface area (TPSA) is 118 Å². The highest BCUT2D eigenvalue weighted by atomic mass is 32.2. The van der Waals surface area contributed by atoms with E-state index in [1.165, 1.54) is 47.7 Å². The zero-order chi connectivity index (χ0) is 22.4. The van der Waals surface area contributed by atoms with Gasteiger partial charge in [0.05, 0.1) is 36.9 Å². The predicted octanol–water partition coefficient (Wildman–Crippen LogP) is 0.284. The number of carbonyl (C=O) groups is 1. The maximum Gasteiger partial charge on any atom is 0.254 e. The van der Waals surface area contributed by atoms with Gasteiger partial charge in [0.25, 0.3) is 5.91 Å². The Morgan fingerprint density at radius 3 is 2.39 bits per heavy atom. The first kappa shape index (κ1) is 23.4. The molecule has 3 rings (SSSR count). The van der Waals surface area contributed by atoms with Crippen LogP contribution in [-0.2, 0) is 24.2 Å². The molecule has 0 unspecified atom stereocenters. The number of rotatable bonds is 9. The summed E-state index contributed by atoms with van der Waals surface area (Å²) in [6.45, 7) is 2.42. The van der Waals surface area contributed by atoms with E-state index in [0.29, 0.717) is 50.4 Å². The highest BCUT2D eigenvalue weighted by molar-refractivity contribution is 7.89. The normalized spacial score (nSPS) is 15.3. The van der Waals surface area contributed by atoms with Crippen LogP contribution in [0.25, 0.3) is 10.9 Å². The number of benzene rings is 1. The number of aromatic nitrogens is 1. The van der Waals surface area contributed by atoms with Crippen molar-refractivity contribution >= 4 is 26.8 Å². The van der Waals surface area contributed by atoms with Gasteiger partial charge in [-0.05, 0) is 18.2 Å². The summed E-state index contributed by atoms with van der Waals surface area (Å²) in [6, 6.07) is 5.58. The Hall–Kier alpha value is -2.31. The van der Waals surface area contributed by atoms with Gasteiger partial charge in [0.15, 0.2) is 0 Å². The van der Waals surface area contributed by atoms with Crippen LogP contribution in [0.2, 0.25) is 0 Å². The van der Waals surface area contributed by atoms with Crippen molar-refractivity contribution < 1.29 is 27.4 Å². The fourth-order valence-electron chi connectivity index (χ4n) is 3.39. The van der Waals surface area contributed by atoms with Crippen molar-refractivity contribution in [2.75, 3.05) is 66.8 Å². The minimum absolute atomic E-state index is 0.0586. The van der Waals surface area contributed by atoms with Crippen LogP contribution in [0.3, 0.4) is 0 Å². The van der Waals surface area contributed by atoms with Gasteiger partial charge in [-0.25, -0.2) is 8.42 Å². The van der Waals surface area contributed by atoms with Gasteiger partial charge in [-0.15, -0.1) is 0 Å². The summed E-state index contributed by atoms with van der Waals surface area (Å²) < 4.78 is 42.9. The number of hydrogen-bond acceptors (Lipinski definition) is 7. The molecule has 1 saturated heterocycles. The zero-order valence-electron chi connectivity index (χ0n) is 17.6. The molecule has 2 heterocycles. The molecule has 1 N–H and O–H groups in total. The molecule has 2 aromatic rings. The lowest BCUT2D eigenvalue weighted by Crippen LogP contribution is -2.40. The van der Waals surface area contributed by atoms with E-state index in [0.717, 1.165) is 0 Å². The molecular weight excluding hydrogens is 426 g/mol. The largest absolute Gasteiger partial charge is 0.383 e. The maximum absolute atomic E-state index is 13.3. The van der Waals surface area contributed by atoms with E-state index in [1.807, 2.05) is 0 Å². The summed E-state index contributed by atoms with van der Waals surface area (Å²) in [5, 5.41) is 0.360. The van der Waals surface area contributed by atoms with E-state index in [2.05, 4.69) is 4.98 Å². The Morgan fingerprint density at radius 2 is 1.77 bits per heavy atom. The SMILES string of the molecule is COCCN(CCOC)C(=O)c1cc(=O)[nH]c2ccc(S(=O)(=O)N3CCOCC3)cc12. The van der Waals surface area contributed by atoms with Gasteiger partial charge in [-0.2, -0.15) is 4.31 Å². The number of pyridine rings is 1. The first-order valence-corrected chi connectivity index (χ1v) is 11.3. The highest BCUT2D eigenvalue weighted by Crippen LogP contribution is 2.24. The highest BCUT2D eigenvalue weighted by Gasteiger charge is 2.27. The van der Waals surface area contributed by atoms with E-state index >= 15 is 0 Å². The smallest absolute Gasteiger partial charge is 0.254 e. The van der Waals surface area contributed by atoms with Crippen molar-refractivity contribution in [2.24, 2.45) is 0 Å². The Balaban J connectivity index is 2.05. The van der Waals surface area contributed by atoms with Crippen LogP contribution in [0.1, 0.15) is 10.4 Å². The fourth-order valence-corrected chi connectivity index (χ4v) is 4.83. The molecule has 170 valence electrons. The maximum atomic E-state index is 13.3. The van der Waals surface area contributed by atoms with Crippen molar-refractivity contribution in [2.45, 2.75) is 4.90 Å². The average Bonchev–Trinajstić information content (AvgIpc) is 2.78. The Kier molecular flexibility index (Phi) is 7.79. The quantitative estimate of drug-likeness (QED) is 0.580. The van der Waals surface area contributed by atoms with Gasteiger partial charge in [0.1, 0.15) is 0 Å². The molecule has 1 aromatic carbocycles. The van der Waals surface area contributed by atoms with Crippen LogP contribution in [0.15, 0.2) is 34.0 Å². The number of aromatic amines is 1. The lowest BCUT2D eigenvalue weighted by atomic mass is 10.1. The fraction of sp³-hybridized carbons (Fsp3) is 0.500. The number of fused-ring (bicyclic) bond motifs is 1. The number of sulfonamides is 1. The van der Waals surface area contributed by atoms with E-state index in [-0.39, 0.29) is 23.5 Å². The summed E-state index contributed by atoms with van der Waals surface area (Å²) in [6.07, 6.45) is 0. The third-order valence-electron chi connectivity index (χ3n) is 5.07. The zero-order valence-corrected chi connectivity index (χ0v) is 18.4. The van der Waals surface area contributed by atoms with Crippen LogP contribution in [-0.4, -0.2) is 95.3 Å². The standard InChI is InChI=1S/C20H27N3O7S/c1-28-9-5-22(6-10-29-2)20(25)17-14-19(24)21-18-4-3-15(13-16(17)18)31(26,27)23-7-11-30-12-8-23/h3-4,13-14H,5-12H2,1-2H3,(H,21,24). The third kappa shape index (κ3) is 5.31. The molecule has 31 heavy (non-hydrogen) atoms. The summed E-state index contributed by atoms with van der Waals surface area (Å²) >= 11 is 0. The number of nitrogens with one attached hydrogen (secondary N) is 1. The predicted molar refractivity (Wildman–Crippen MR) is 114 cm³/mol. The first-order valence-electron chi connectivity index (χ1n) is 9.90. The first-order chi connectivity index (χ1) is 14.9. The number of methoxy groups -OCH3 is 2. The molecule has 0 bridgehead atoms. The molecule has 0 aliphatic carbocycles. The molecule has 0 atom stereocenters. The Bertz CT molecular complexity index is 1070. The molecular formula is C20H27N3O7S. The van der Waals surface area contributed by atoms with Gasteiger partial charge in [-0.1, -0.05) is 0 Å². The van der Waals surface area contributed by atoms with Gasteiger partial charge >= 0.3 is 0 Å². The van der Waals surface area contributed by atoms with Gasteiger partial charge < -0.3 is 24.1 Å². The number of amides is 1. The molecule has 11 heteroatoms. The molecule has 1 aliphatic heterocycles. The lowest BCUT2D eigenvalue weighted by Gasteiger charge is -2.26. The molecule has 1 aromatic heterocycles. The number of ether oxygens (including phenoxy) is 3. The Labute approximate surface area is 180 Å². The minimum Gasteiger partial charge on any atom is -0.383 e. The number of morpholine rings is 1. The molecule has 1 amide bonds. The molecule has 0 radical (unpaired) electrons. The summed E-state index contributed by atoms with van der Waals surface area (Å²) in [4.78, 5) is 29.7. The van der Waals surface area contributed by atoms with Crippen molar-refractivity contribution in [3.63, 3.8) is 0 Å². The molecule has 0 saturated carbocycles. The van der Waals surface area contributed by atoms with E-state index in [4.69, 9.17) is 14.2 Å². The van der Waals surface area contributed by atoms with E-state index in [1.54, 1.807) is 0 Å². The summed E-state index contributed by atoms with van der Waals surface area (Å²) in [7, 11) is -0.694. The monoisotopic (exact) mass is 453 g/mol. The van der Waals surface area contributed by atoms with Gasteiger partial charge in [0, 0.05) is 57.4 Å². The van der Waals surface area contributed by atoms with Crippen LogP contribution in [0, 0.1) is 0 Å². The third-order valence-corrected chi connectivity index (χ3v) is 6.97. The molecule has 1 aliphatic rings. The second-order valence-corrected chi connectivity index (χ2v) is 8.99. The van der Waals surface area contributed by atoms with Gasteiger partial charge in [-0.3, -0.25) is 9.59 Å². The number of carbonyl (C=O) groups excluding carboxylic acids is 1. The van der Waals surface area contributed by atoms with Crippen molar-refractivity contribution in [1.29, 1.82) is 0 Å². The van der Waals surface area contributed by atoms with Gasteiger partial charge in [0.2, 0.25) is 15.6 Å². The van der Waals surface area contributed by atoms with Crippen LogP contribution >= 0.6 is 0 Å². The van der Waals surface area contributed by atoms with Crippen LogP contribution in [0.5, 0.6) is 0 Å². The van der Waals surface area contributed by atoms with Crippen LogP contribution < -0.4 is 5.56 Å². The second-order valence-electron chi connectivity index (χ2n) is 7.05. The molecule has 0 spiro atoms. The number of hydrogen-bond donors (Lipinski definition) is 1. The second kappa shape index (κ2) is 10.3.